The first-order valence-corrected chi connectivity index (χ1v) is 4.17. The Hall–Kier alpha value is -1.71. The molecule has 1 N–H and O–H groups in total. The molecule has 13 heavy (non-hydrogen) atoms. The number of aromatic nitrogens is 4. The first-order valence-electron chi connectivity index (χ1n) is 4.17. The standard InChI is InChI=1S/C9H10N4/c1(2-9-5-11-7-13-9)8-3-4-10-6-12-8/h3-7H,1-2H2,(H,11,13). The Morgan fingerprint density at radius 2 is 2.23 bits per heavy atom. The van der Waals surface area contributed by atoms with Crippen LogP contribution in [-0.2, 0) is 12.8 Å². The van der Waals surface area contributed by atoms with Crippen molar-refractivity contribution in [1.82, 2.24) is 19.9 Å². The van der Waals surface area contributed by atoms with Crippen molar-refractivity contribution in [1.29, 1.82) is 0 Å². The maximum atomic E-state index is 4.13. The lowest BCUT2D eigenvalue weighted by molar-refractivity contribution is 0.878. The van der Waals surface area contributed by atoms with Gasteiger partial charge in [0.2, 0.25) is 0 Å². The molecule has 0 spiro atoms. The zero-order chi connectivity index (χ0) is 8.93. The second-order valence-corrected chi connectivity index (χ2v) is 2.78. The summed E-state index contributed by atoms with van der Waals surface area (Å²) in [7, 11) is 0. The first-order chi connectivity index (χ1) is 6.45. The zero-order valence-corrected chi connectivity index (χ0v) is 7.14. The van der Waals surface area contributed by atoms with Crippen LogP contribution in [-0.4, -0.2) is 19.9 Å². The SMILES string of the molecule is c1cc(CCc2cnc[nH]2)ncn1. The molecule has 0 aliphatic rings. The van der Waals surface area contributed by atoms with Gasteiger partial charge in [0.1, 0.15) is 6.33 Å². The molecule has 2 heterocycles. The van der Waals surface area contributed by atoms with Crippen LogP contribution < -0.4 is 0 Å². The number of H-pyrrole nitrogens is 1. The summed E-state index contributed by atoms with van der Waals surface area (Å²) in [6, 6.07) is 1.93. The van der Waals surface area contributed by atoms with E-state index >= 15 is 0 Å². The van der Waals surface area contributed by atoms with E-state index in [4.69, 9.17) is 0 Å². The van der Waals surface area contributed by atoms with E-state index in [1.54, 1.807) is 18.9 Å². The third kappa shape index (κ3) is 2.11. The van der Waals surface area contributed by atoms with E-state index < -0.39 is 0 Å². The number of hydrogen-bond donors (Lipinski definition) is 1. The zero-order valence-electron chi connectivity index (χ0n) is 7.14. The predicted molar refractivity (Wildman–Crippen MR) is 48.0 cm³/mol. The van der Waals surface area contributed by atoms with Gasteiger partial charge in [-0.2, -0.15) is 0 Å². The van der Waals surface area contributed by atoms with Crippen LogP contribution in [0.4, 0.5) is 0 Å². The number of nitrogens with zero attached hydrogens (tertiary/aromatic N) is 3. The van der Waals surface area contributed by atoms with E-state index in [9.17, 15) is 0 Å². The Morgan fingerprint density at radius 3 is 2.92 bits per heavy atom. The monoisotopic (exact) mass is 174 g/mol. The highest BCUT2D eigenvalue weighted by molar-refractivity contribution is 5.03. The number of imidazole rings is 1. The molecule has 4 nitrogen and oxygen atoms in total. The third-order valence-corrected chi connectivity index (χ3v) is 1.85. The molecular weight excluding hydrogens is 164 g/mol. The maximum absolute atomic E-state index is 4.13. The molecule has 2 aromatic heterocycles. The van der Waals surface area contributed by atoms with Gasteiger partial charge in [-0.3, -0.25) is 0 Å². The van der Waals surface area contributed by atoms with Crippen LogP contribution in [0.3, 0.4) is 0 Å². The highest BCUT2D eigenvalue weighted by Crippen LogP contribution is 1.99. The van der Waals surface area contributed by atoms with E-state index in [0.29, 0.717) is 0 Å². The van der Waals surface area contributed by atoms with Crippen LogP contribution >= 0.6 is 0 Å². The van der Waals surface area contributed by atoms with Crippen LogP contribution in [0, 0.1) is 0 Å². The summed E-state index contributed by atoms with van der Waals surface area (Å²) in [5.41, 5.74) is 2.20. The Kier molecular flexibility index (Phi) is 2.31. The molecule has 0 radical (unpaired) electrons. The largest absolute Gasteiger partial charge is 0.348 e. The van der Waals surface area contributed by atoms with Crippen molar-refractivity contribution in [3.8, 4) is 0 Å². The van der Waals surface area contributed by atoms with Crippen molar-refractivity contribution in [2.45, 2.75) is 12.8 Å². The van der Waals surface area contributed by atoms with Crippen molar-refractivity contribution in [3.05, 3.63) is 42.5 Å². The molecule has 0 unspecified atom stereocenters. The van der Waals surface area contributed by atoms with E-state index in [-0.39, 0.29) is 0 Å². The van der Waals surface area contributed by atoms with Crippen LogP contribution in [0.15, 0.2) is 31.1 Å². The van der Waals surface area contributed by atoms with Crippen LogP contribution in [0.5, 0.6) is 0 Å². The number of nitrogens with one attached hydrogen (secondary N) is 1. The topological polar surface area (TPSA) is 54.5 Å². The Bertz CT molecular complexity index is 341. The summed E-state index contributed by atoms with van der Waals surface area (Å²) >= 11 is 0. The van der Waals surface area contributed by atoms with Crippen molar-refractivity contribution >= 4 is 0 Å². The van der Waals surface area contributed by atoms with Crippen LogP contribution in [0.25, 0.3) is 0 Å². The molecule has 0 aliphatic carbocycles. The fourth-order valence-corrected chi connectivity index (χ4v) is 1.15. The van der Waals surface area contributed by atoms with Crippen molar-refractivity contribution < 1.29 is 0 Å². The Labute approximate surface area is 76.1 Å². The second-order valence-electron chi connectivity index (χ2n) is 2.78. The Morgan fingerprint density at radius 1 is 1.23 bits per heavy atom. The summed E-state index contributed by atoms with van der Waals surface area (Å²) in [4.78, 5) is 15.0. The maximum Gasteiger partial charge on any atom is 0.115 e. The first kappa shape index (κ1) is 7.91. The minimum atomic E-state index is 0.921. The van der Waals surface area contributed by atoms with Gasteiger partial charge in [0.15, 0.2) is 0 Å². The van der Waals surface area contributed by atoms with E-state index in [1.165, 1.54) is 0 Å². The van der Waals surface area contributed by atoms with Crippen LogP contribution in [0.1, 0.15) is 11.4 Å². The molecule has 2 aromatic rings. The lowest BCUT2D eigenvalue weighted by Gasteiger charge is -1.96. The van der Waals surface area contributed by atoms with E-state index in [1.807, 2.05) is 12.3 Å². The van der Waals surface area contributed by atoms with Gasteiger partial charge < -0.3 is 4.98 Å². The lowest BCUT2D eigenvalue weighted by Crippen LogP contribution is -1.94. The fraction of sp³-hybridized carbons (Fsp3) is 0.222. The molecule has 0 amide bonds. The summed E-state index contributed by atoms with van der Waals surface area (Å²) in [6.45, 7) is 0. The molecular formula is C9H10N4. The number of aromatic amines is 1. The summed E-state index contributed by atoms with van der Waals surface area (Å²) in [5, 5.41) is 0. The molecule has 0 bridgehead atoms. The van der Waals surface area contributed by atoms with Gasteiger partial charge in [0.25, 0.3) is 0 Å². The van der Waals surface area contributed by atoms with Gasteiger partial charge >= 0.3 is 0 Å². The number of hydrogen-bond acceptors (Lipinski definition) is 3. The van der Waals surface area contributed by atoms with Crippen LogP contribution in [0.2, 0.25) is 0 Å². The minimum Gasteiger partial charge on any atom is -0.348 e. The molecule has 0 fully saturated rings. The van der Waals surface area contributed by atoms with Crippen molar-refractivity contribution in [2.24, 2.45) is 0 Å². The lowest BCUT2D eigenvalue weighted by atomic mass is 10.2. The van der Waals surface area contributed by atoms with Gasteiger partial charge in [-0.1, -0.05) is 0 Å². The van der Waals surface area contributed by atoms with Gasteiger partial charge in [-0.05, 0) is 18.9 Å². The number of rotatable bonds is 3. The van der Waals surface area contributed by atoms with E-state index in [0.717, 1.165) is 24.2 Å². The fourth-order valence-electron chi connectivity index (χ4n) is 1.15. The average molecular weight is 174 g/mol. The minimum absolute atomic E-state index is 0.921. The molecule has 4 heteroatoms. The summed E-state index contributed by atoms with van der Waals surface area (Å²) < 4.78 is 0. The second kappa shape index (κ2) is 3.80. The van der Waals surface area contributed by atoms with Crippen molar-refractivity contribution in [3.63, 3.8) is 0 Å². The molecule has 2 rings (SSSR count). The van der Waals surface area contributed by atoms with Gasteiger partial charge in [0, 0.05) is 23.8 Å². The molecule has 0 aliphatic heterocycles. The Balaban J connectivity index is 1.94. The highest BCUT2D eigenvalue weighted by Gasteiger charge is 1.96. The quantitative estimate of drug-likeness (QED) is 0.754. The van der Waals surface area contributed by atoms with Gasteiger partial charge in [-0.15, -0.1) is 0 Å². The van der Waals surface area contributed by atoms with Gasteiger partial charge in [-0.25, -0.2) is 15.0 Å². The normalized spacial score (nSPS) is 10.2. The summed E-state index contributed by atoms with van der Waals surface area (Å²) in [6.07, 6.45) is 8.72. The molecule has 66 valence electrons. The van der Waals surface area contributed by atoms with Gasteiger partial charge in [0.05, 0.1) is 6.33 Å². The van der Waals surface area contributed by atoms with E-state index in [2.05, 4.69) is 19.9 Å². The molecule has 0 aromatic carbocycles. The average Bonchev–Trinajstić information content (AvgIpc) is 2.69. The molecule has 0 atom stereocenters. The van der Waals surface area contributed by atoms with Crippen molar-refractivity contribution in [2.75, 3.05) is 0 Å². The highest BCUT2D eigenvalue weighted by atomic mass is 14.9. The third-order valence-electron chi connectivity index (χ3n) is 1.85. The number of aryl methyl sites for hydroxylation is 2. The predicted octanol–water partition coefficient (Wildman–Crippen LogP) is 0.985. The summed E-state index contributed by atoms with van der Waals surface area (Å²) in [5.74, 6) is 0. The molecule has 0 saturated heterocycles. The molecule has 0 saturated carbocycles. The smallest absolute Gasteiger partial charge is 0.115 e.